The van der Waals surface area contributed by atoms with Gasteiger partial charge in [-0.2, -0.15) is 0 Å². The Balaban J connectivity index is 2.41. The molecule has 5 heteroatoms. The summed E-state index contributed by atoms with van der Waals surface area (Å²) in [5, 5.41) is 0.480. The van der Waals surface area contributed by atoms with Crippen LogP contribution in [0.15, 0.2) is 30.7 Å². The van der Waals surface area contributed by atoms with Crippen LogP contribution < -0.4 is 5.73 Å². The van der Waals surface area contributed by atoms with Crippen LogP contribution in [-0.4, -0.2) is 9.55 Å². The third kappa shape index (κ3) is 3.14. The first kappa shape index (κ1) is 14.0. The van der Waals surface area contributed by atoms with Gasteiger partial charge in [0.2, 0.25) is 0 Å². The van der Waals surface area contributed by atoms with Gasteiger partial charge in [0, 0.05) is 11.1 Å². The molecule has 1 unspecified atom stereocenters. The van der Waals surface area contributed by atoms with Gasteiger partial charge < -0.3 is 5.73 Å². The largest absolute Gasteiger partial charge is 0.323 e. The van der Waals surface area contributed by atoms with Crippen molar-refractivity contribution in [3.63, 3.8) is 0 Å². The number of imidazole rings is 1. The number of hydrogen-bond donors (Lipinski definition) is 1. The first-order valence-corrected chi connectivity index (χ1v) is 6.60. The lowest BCUT2D eigenvalue weighted by molar-refractivity contribution is 0.496. The van der Waals surface area contributed by atoms with Crippen molar-refractivity contribution in [2.75, 3.05) is 0 Å². The van der Waals surface area contributed by atoms with Crippen molar-refractivity contribution < 1.29 is 4.39 Å². The lowest BCUT2D eigenvalue weighted by Crippen LogP contribution is -2.17. The van der Waals surface area contributed by atoms with Gasteiger partial charge in [-0.15, -0.1) is 0 Å². The molecular weight excluding hydrogens is 265 g/mol. The number of nitrogens with zero attached hydrogens (tertiary/aromatic N) is 2. The predicted octanol–water partition coefficient (Wildman–Crippen LogP) is 3.71. The highest BCUT2D eigenvalue weighted by molar-refractivity contribution is 6.30. The summed E-state index contributed by atoms with van der Waals surface area (Å²) >= 11 is 5.92. The Morgan fingerprint density at radius 1 is 1.42 bits per heavy atom. The van der Waals surface area contributed by atoms with E-state index in [0.717, 1.165) is 12.1 Å². The third-order valence-corrected chi connectivity index (χ3v) is 3.18. The molecule has 0 saturated heterocycles. The van der Waals surface area contributed by atoms with Crippen LogP contribution in [0.25, 0.3) is 5.69 Å². The number of nitrogens with two attached hydrogens (primary N) is 1. The Hall–Kier alpha value is -1.39. The fourth-order valence-electron chi connectivity index (χ4n) is 2.08. The molecule has 0 spiro atoms. The van der Waals surface area contributed by atoms with E-state index in [2.05, 4.69) is 18.8 Å². The van der Waals surface area contributed by atoms with Gasteiger partial charge in [0.25, 0.3) is 0 Å². The van der Waals surface area contributed by atoms with E-state index in [-0.39, 0.29) is 11.9 Å². The molecule has 0 amide bonds. The molecule has 0 fully saturated rings. The molecule has 3 nitrogen and oxygen atoms in total. The molecule has 0 bridgehead atoms. The monoisotopic (exact) mass is 281 g/mol. The van der Waals surface area contributed by atoms with Crippen molar-refractivity contribution in [3.05, 3.63) is 47.3 Å². The Bertz CT molecular complexity index is 566. The topological polar surface area (TPSA) is 43.8 Å². The lowest BCUT2D eigenvalue weighted by atomic mass is 10.0. The number of aromatic nitrogens is 2. The van der Waals surface area contributed by atoms with Crippen LogP contribution in [0.5, 0.6) is 0 Å². The average Bonchev–Trinajstić information content (AvgIpc) is 2.80. The summed E-state index contributed by atoms with van der Waals surface area (Å²) in [6, 6.07) is 4.26. The quantitative estimate of drug-likeness (QED) is 0.928. The maximum atomic E-state index is 13.9. The molecule has 2 N–H and O–H groups in total. The zero-order chi connectivity index (χ0) is 14.0. The zero-order valence-corrected chi connectivity index (χ0v) is 11.7. The van der Waals surface area contributed by atoms with Crippen molar-refractivity contribution in [2.24, 2.45) is 11.7 Å². The van der Waals surface area contributed by atoms with Gasteiger partial charge in [-0.25, -0.2) is 9.37 Å². The van der Waals surface area contributed by atoms with E-state index in [9.17, 15) is 4.39 Å². The summed E-state index contributed by atoms with van der Waals surface area (Å²) in [5.41, 5.74) is 7.31. The van der Waals surface area contributed by atoms with Gasteiger partial charge in [0.1, 0.15) is 5.82 Å². The van der Waals surface area contributed by atoms with Gasteiger partial charge in [0.15, 0.2) is 0 Å². The van der Waals surface area contributed by atoms with Crippen molar-refractivity contribution in [2.45, 2.75) is 26.3 Å². The second-order valence-electron chi connectivity index (χ2n) is 5.02. The van der Waals surface area contributed by atoms with Crippen LogP contribution in [0.4, 0.5) is 4.39 Å². The fourth-order valence-corrected chi connectivity index (χ4v) is 2.25. The van der Waals surface area contributed by atoms with E-state index in [0.29, 0.717) is 16.6 Å². The lowest BCUT2D eigenvalue weighted by Gasteiger charge is -2.17. The summed E-state index contributed by atoms with van der Waals surface area (Å²) in [6.45, 7) is 4.20. The van der Waals surface area contributed by atoms with Gasteiger partial charge >= 0.3 is 0 Å². The summed E-state index contributed by atoms with van der Waals surface area (Å²) < 4.78 is 15.6. The normalized spacial score (nSPS) is 12.9. The van der Waals surface area contributed by atoms with E-state index in [1.165, 1.54) is 12.1 Å². The molecule has 0 radical (unpaired) electrons. The molecule has 0 saturated carbocycles. The number of halogens is 2. The van der Waals surface area contributed by atoms with Crippen molar-refractivity contribution in [1.29, 1.82) is 0 Å². The Morgan fingerprint density at radius 2 is 2.16 bits per heavy atom. The van der Waals surface area contributed by atoms with E-state index < -0.39 is 0 Å². The molecular formula is C14H17ClFN3. The third-order valence-electron chi connectivity index (χ3n) is 2.94. The van der Waals surface area contributed by atoms with E-state index >= 15 is 0 Å². The second-order valence-corrected chi connectivity index (χ2v) is 5.46. The van der Waals surface area contributed by atoms with Crippen molar-refractivity contribution in [1.82, 2.24) is 9.55 Å². The number of rotatable bonds is 4. The van der Waals surface area contributed by atoms with Gasteiger partial charge in [0.05, 0.1) is 23.9 Å². The predicted molar refractivity (Wildman–Crippen MR) is 74.9 cm³/mol. The molecule has 19 heavy (non-hydrogen) atoms. The van der Waals surface area contributed by atoms with Gasteiger partial charge in [-0.1, -0.05) is 25.4 Å². The smallest absolute Gasteiger partial charge is 0.147 e. The van der Waals surface area contributed by atoms with Crippen LogP contribution in [0.2, 0.25) is 5.02 Å². The molecule has 1 heterocycles. The first-order valence-electron chi connectivity index (χ1n) is 6.22. The Morgan fingerprint density at radius 3 is 2.84 bits per heavy atom. The summed E-state index contributed by atoms with van der Waals surface area (Å²) in [4.78, 5) is 4.07. The summed E-state index contributed by atoms with van der Waals surface area (Å²) in [5.74, 6) is 0.114. The minimum Gasteiger partial charge on any atom is -0.323 e. The standard InChI is InChI=1S/C14H17ClFN3/c1-9(2)5-12(17)14-7-18-8-19(14)13-6-10(15)3-4-11(13)16/h3-4,6-9,12H,5,17H2,1-2H3. The van der Waals surface area contributed by atoms with Gasteiger partial charge in [-0.05, 0) is 30.5 Å². The van der Waals surface area contributed by atoms with E-state index in [1.54, 1.807) is 23.2 Å². The Labute approximate surface area is 117 Å². The number of benzene rings is 1. The minimum atomic E-state index is -0.347. The van der Waals surface area contributed by atoms with Crippen LogP contribution in [0.3, 0.4) is 0 Å². The highest BCUT2D eigenvalue weighted by Gasteiger charge is 2.16. The van der Waals surface area contributed by atoms with Crippen molar-refractivity contribution in [3.8, 4) is 5.69 Å². The molecule has 102 valence electrons. The minimum absolute atomic E-state index is 0.180. The molecule has 1 atom stereocenters. The molecule has 2 rings (SSSR count). The highest BCUT2D eigenvalue weighted by atomic mass is 35.5. The van der Waals surface area contributed by atoms with Crippen LogP contribution in [-0.2, 0) is 0 Å². The molecule has 1 aromatic heterocycles. The maximum Gasteiger partial charge on any atom is 0.147 e. The maximum absolute atomic E-state index is 13.9. The molecule has 2 aromatic rings. The highest BCUT2D eigenvalue weighted by Crippen LogP contribution is 2.25. The van der Waals surface area contributed by atoms with Crippen LogP contribution in [0, 0.1) is 11.7 Å². The number of hydrogen-bond acceptors (Lipinski definition) is 2. The average molecular weight is 282 g/mol. The van der Waals surface area contributed by atoms with Gasteiger partial charge in [-0.3, -0.25) is 4.57 Å². The SMILES string of the molecule is CC(C)CC(N)c1cncn1-c1cc(Cl)ccc1F. The van der Waals surface area contributed by atoms with E-state index in [1.807, 2.05) is 0 Å². The summed E-state index contributed by atoms with van der Waals surface area (Å²) in [6.07, 6.45) is 4.05. The van der Waals surface area contributed by atoms with Crippen LogP contribution in [0.1, 0.15) is 32.0 Å². The molecule has 1 aromatic carbocycles. The van der Waals surface area contributed by atoms with Crippen LogP contribution >= 0.6 is 11.6 Å². The molecule has 0 aliphatic rings. The zero-order valence-electron chi connectivity index (χ0n) is 11.0. The first-order chi connectivity index (χ1) is 8.99. The summed E-state index contributed by atoms with van der Waals surface area (Å²) in [7, 11) is 0. The fraction of sp³-hybridized carbons (Fsp3) is 0.357. The Kier molecular flexibility index (Phi) is 4.22. The molecule has 0 aliphatic carbocycles. The van der Waals surface area contributed by atoms with Crippen molar-refractivity contribution >= 4 is 11.6 Å². The van der Waals surface area contributed by atoms with E-state index in [4.69, 9.17) is 17.3 Å². The molecule has 0 aliphatic heterocycles. The second kappa shape index (κ2) is 5.72.